The molecule has 5 aliphatic rings. The summed E-state index contributed by atoms with van der Waals surface area (Å²) in [6, 6.07) is 0.877. The van der Waals surface area contributed by atoms with Gasteiger partial charge in [0.25, 0.3) is 0 Å². The van der Waals surface area contributed by atoms with Crippen LogP contribution in [0.15, 0.2) is 0 Å². The maximum absolute atomic E-state index is 3.95. The molecule has 0 saturated heterocycles. The van der Waals surface area contributed by atoms with Crippen molar-refractivity contribution in [1.82, 2.24) is 5.32 Å². The third kappa shape index (κ3) is 2.17. The molecule has 0 radical (unpaired) electrons. The SMILES string of the molecule is CCNC(C1CCCC1)C1C2CC3CC(C2)CC1C3. The Labute approximate surface area is 118 Å². The van der Waals surface area contributed by atoms with Crippen LogP contribution in [0.5, 0.6) is 0 Å². The molecule has 5 fully saturated rings. The van der Waals surface area contributed by atoms with Crippen LogP contribution in [0, 0.1) is 35.5 Å². The first-order valence-corrected chi connectivity index (χ1v) is 9.08. The van der Waals surface area contributed by atoms with Gasteiger partial charge in [-0.15, -0.1) is 0 Å². The van der Waals surface area contributed by atoms with Gasteiger partial charge in [-0.25, -0.2) is 0 Å². The highest BCUT2D eigenvalue weighted by atomic mass is 14.9. The van der Waals surface area contributed by atoms with Gasteiger partial charge < -0.3 is 5.32 Å². The summed E-state index contributed by atoms with van der Waals surface area (Å²) < 4.78 is 0. The van der Waals surface area contributed by atoms with Crippen LogP contribution in [0.2, 0.25) is 0 Å². The van der Waals surface area contributed by atoms with E-state index < -0.39 is 0 Å². The smallest absolute Gasteiger partial charge is 0.0129 e. The van der Waals surface area contributed by atoms with E-state index in [2.05, 4.69) is 12.2 Å². The molecule has 1 nitrogen and oxygen atoms in total. The van der Waals surface area contributed by atoms with Crippen molar-refractivity contribution < 1.29 is 0 Å². The van der Waals surface area contributed by atoms with Crippen molar-refractivity contribution in [2.75, 3.05) is 6.54 Å². The van der Waals surface area contributed by atoms with E-state index in [0.29, 0.717) is 0 Å². The zero-order valence-electron chi connectivity index (χ0n) is 12.6. The summed E-state index contributed by atoms with van der Waals surface area (Å²) in [6.07, 6.45) is 14.0. The quantitative estimate of drug-likeness (QED) is 0.798. The molecule has 108 valence electrons. The molecule has 1 heteroatoms. The molecule has 1 unspecified atom stereocenters. The van der Waals surface area contributed by atoms with Gasteiger partial charge >= 0.3 is 0 Å². The summed E-state index contributed by atoms with van der Waals surface area (Å²) in [5.74, 6) is 6.52. The molecular formula is C18H31N. The normalized spacial score (nSPS) is 46.9. The summed E-state index contributed by atoms with van der Waals surface area (Å²) in [5, 5.41) is 3.95. The van der Waals surface area contributed by atoms with Crippen molar-refractivity contribution in [3.05, 3.63) is 0 Å². The van der Waals surface area contributed by atoms with Gasteiger partial charge in [0.2, 0.25) is 0 Å². The van der Waals surface area contributed by atoms with E-state index in [1.54, 1.807) is 32.1 Å². The van der Waals surface area contributed by atoms with E-state index in [-0.39, 0.29) is 0 Å². The van der Waals surface area contributed by atoms with Crippen molar-refractivity contribution in [3.63, 3.8) is 0 Å². The average Bonchev–Trinajstić information content (AvgIpc) is 2.89. The second kappa shape index (κ2) is 5.06. The van der Waals surface area contributed by atoms with Gasteiger partial charge in [0.05, 0.1) is 0 Å². The van der Waals surface area contributed by atoms with E-state index in [4.69, 9.17) is 0 Å². The fourth-order valence-corrected chi connectivity index (χ4v) is 6.72. The van der Waals surface area contributed by atoms with Crippen molar-refractivity contribution in [1.29, 1.82) is 0 Å². The highest BCUT2D eigenvalue weighted by molar-refractivity contribution is 5.03. The van der Waals surface area contributed by atoms with Gasteiger partial charge in [-0.3, -0.25) is 0 Å². The van der Waals surface area contributed by atoms with Gasteiger partial charge in [-0.1, -0.05) is 19.8 Å². The summed E-state index contributed by atoms with van der Waals surface area (Å²) in [5.41, 5.74) is 0. The van der Waals surface area contributed by atoms with E-state index in [0.717, 1.165) is 41.5 Å². The number of rotatable bonds is 4. The Balaban J connectivity index is 1.55. The van der Waals surface area contributed by atoms with Gasteiger partial charge in [-0.05, 0) is 87.0 Å². The molecule has 0 aromatic carbocycles. The van der Waals surface area contributed by atoms with Gasteiger partial charge in [0.15, 0.2) is 0 Å². The largest absolute Gasteiger partial charge is 0.314 e. The van der Waals surface area contributed by atoms with Crippen LogP contribution < -0.4 is 5.32 Å². The molecule has 4 bridgehead atoms. The van der Waals surface area contributed by atoms with Gasteiger partial charge in [0, 0.05) is 6.04 Å². The Bertz CT molecular complexity index is 290. The Morgan fingerprint density at radius 3 is 2.00 bits per heavy atom. The van der Waals surface area contributed by atoms with Crippen molar-refractivity contribution in [2.45, 2.75) is 70.8 Å². The first-order valence-electron chi connectivity index (χ1n) is 9.08. The lowest BCUT2D eigenvalue weighted by Crippen LogP contribution is -2.55. The zero-order chi connectivity index (χ0) is 12.8. The fraction of sp³-hybridized carbons (Fsp3) is 1.00. The van der Waals surface area contributed by atoms with Crippen molar-refractivity contribution in [2.24, 2.45) is 35.5 Å². The van der Waals surface area contributed by atoms with E-state index in [9.17, 15) is 0 Å². The topological polar surface area (TPSA) is 12.0 Å². The molecule has 0 aromatic heterocycles. The fourth-order valence-electron chi connectivity index (χ4n) is 6.72. The molecule has 5 aliphatic carbocycles. The van der Waals surface area contributed by atoms with Crippen LogP contribution in [0.25, 0.3) is 0 Å². The first-order chi connectivity index (χ1) is 9.35. The third-order valence-electron chi connectivity index (χ3n) is 7.06. The van der Waals surface area contributed by atoms with E-state index >= 15 is 0 Å². The number of hydrogen-bond acceptors (Lipinski definition) is 1. The Morgan fingerprint density at radius 2 is 1.47 bits per heavy atom. The molecule has 5 rings (SSSR count). The molecule has 0 amide bonds. The van der Waals surface area contributed by atoms with Crippen LogP contribution in [-0.2, 0) is 0 Å². The van der Waals surface area contributed by atoms with Crippen LogP contribution in [0.1, 0.15) is 64.7 Å². The van der Waals surface area contributed by atoms with Crippen molar-refractivity contribution >= 4 is 0 Å². The number of nitrogens with one attached hydrogen (secondary N) is 1. The Kier molecular flexibility index (Phi) is 3.38. The minimum atomic E-state index is 0.877. The maximum Gasteiger partial charge on any atom is 0.0129 e. The average molecular weight is 261 g/mol. The lowest BCUT2D eigenvalue weighted by Gasteiger charge is -2.57. The van der Waals surface area contributed by atoms with E-state index in [1.807, 2.05) is 0 Å². The van der Waals surface area contributed by atoms with Gasteiger partial charge in [0.1, 0.15) is 0 Å². The molecule has 1 atom stereocenters. The first kappa shape index (κ1) is 12.7. The molecule has 5 saturated carbocycles. The van der Waals surface area contributed by atoms with Gasteiger partial charge in [-0.2, -0.15) is 0 Å². The minimum absolute atomic E-state index is 0.877. The second-order valence-electron chi connectivity index (χ2n) is 8.14. The number of hydrogen-bond donors (Lipinski definition) is 1. The molecular weight excluding hydrogens is 230 g/mol. The lowest BCUT2D eigenvalue weighted by molar-refractivity contribution is -0.0600. The highest BCUT2D eigenvalue weighted by Gasteiger charge is 2.51. The highest BCUT2D eigenvalue weighted by Crippen LogP contribution is 2.58. The molecule has 0 heterocycles. The molecule has 0 aliphatic heterocycles. The van der Waals surface area contributed by atoms with Crippen molar-refractivity contribution in [3.8, 4) is 0 Å². The van der Waals surface area contributed by atoms with Crippen LogP contribution >= 0.6 is 0 Å². The lowest BCUT2D eigenvalue weighted by atomic mass is 9.49. The zero-order valence-corrected chi connectivity index (χ0v) is 12.6. The minimum Gasteiger partial charge on any atom is -0.314 e. The standard InChI is InChI=1S/C18H31N/c1-2-19-18(14-5-3-4-6-14)17-15-8-12-7-13(10-15)11-16(17)9-12/h12-19H,2-11H2,1H3. The van der Waals surface area contributed by atoms with Crippen LogP contribution in [0.3, 0.4) is 0 Å². The predicted molar refractivity (Wildman–Crippen MR) is 80.0 cm³/mol. The Morgan fingerprint density at radius 1 is 0.895 bits per heavy atom. The van der Waals surface area contributed by atoms with E-state index in [1.165, 1.54) is 32.2 Å². The summed E-state index contributed by atoms with van der Waals surface area (Å²) >= 11 is 0. The molecule has 1 N–H and O–H groups in total. The Hall–Kier alpha value is -0.0400. The monoisotopic (exact) mass is 261 g/mol. The predicted octanol–water partition coefficient (Wildman–Crippen LogP) is 4.23. The maximum atomic E-state index is 3.95. The van der Waals surface area contributed by atoms with Crippen LogP contribution in [0.4, 0.5) is 0 Å². The molecule has 0 spiro atoms. The summed E-state index contributed by atoms with van der Waals surface area (Å²) in [7, 11) is 0. The third-order valence-corrected chi connectivity index (χ3v) is 7.06. The molecule has 19 heavy (non-hydrogen) atoms. The second-order valence-corrected chi connectivity index (χ2v) is 8.14. The van der Waals surface area contributed by atoms with Crippen LogP contribution in [-0.4, -0.2) is 12.6 Å². The summed E-state index contributed by atoms with van der Waals surface area (Å²) in [4.78, 5) is 0. The molecule has 0 aromatic rings. The summed E-state index contributed by atoms with van der Waals surface area (Å²) in [6.45, 7) is 3.50.